The molecule has 2 rings (SSSR count). The lowest BCUT2D eigenvalue weighted by Crippen LogP contribution is -2.53. The molecule has 0 bridgehead atoms. The Labute approximate surface area is 148 Å². The number of hydrogen-bond acceptors (Lipinski definition) is 3. The molecule has 1 saturated heterocycles. The topological polar surface area (TPSA) is 75.4 Å². The van der Waals surface area contributed by atoms with Crippen molar-refractivity contribution < 1.29 is 14.0 Å². The molecule has 1 aliphatic heterocycles. The van der Waals surface area contributed by atoms with Gasteiger partial charge in [0.15, 0.2) is 0 Å². The zero-order valence-corrected chi connectivity index (χ0v) is 15.2. The average molecular weight is 349 g/mol. The molecular formula is C19H28FN3O2. The van der Waals surface area contributed by atoms with Gasteiger partial charge in [-0.05, 0) is 43.7 Å². The number of amides is 2. The molecule has 1 aromatic rings. The van der Waals surface area contributed by atoms with E-state index < -0.39 is 17.8 Å². The molecule has 6 heteroatoms. The predicted octanol–water partition coefficient (Wildman–Crippen LogP) is 2.17. The first kappa shape index (κ1) is 19.4. The highest BCUT2D eigenvalue weighted by Crippen LogP contribution is 2.21. The molecule has 1 aromatic carbocycles. The molecule has 1 heterocycles. The Morgan fingerprint density at radius 2 is 1.80 bits per heavy atom. The molecular weight excluding hydrogens is 321 g/mol. The first-order valence-electron chi connectivity index (χ1n) is 8.91. The highest BCUT2D eigenvalue weighted by molar-refractivity contribution is 5.97. The number of rotatable bonds is 5. The fraction of sp³-hybridized carbons (Fsp3) is 0.579. The largest absolute Gasteiger partial charge is 0.341 e. The van der Waals surface area contributed by atoms with Crippen molar-refractivity contribution in [2.45, 2.75) is 45.7 Å². The van der Waals surface area contributed by atoms with Crippen LogP contribution in [0, 0.1) is 17.7 Å². The standard InChI is InChI=1S/C19H28FN3O2/c1-12(2)17(22-18(24)15-6-4-5-7-16(15)20)19(25)23-10-8-14(9-11-23)13(3)21/h4-7,12-14,17H,8-11,21H2,1-3H3,(H,22,24). The van der Waals surface area contributed by atoms with Gasteiger partial charge in [-0.15, -0.1) is 0 Å². The second-order valence-electron chi connectivity index (χ2n) is 7.20. The summed E-state index contributed by atoms with van der Waals surface area (Å²) in [6, 6.07) is 5.24. The van der Waals surface area contributed by atoms with Crippen LogP contribution in [0.3, 0.4) is 0 Å². The van der Waals surface area contributed by atoms with Crippen LogP contribution in [0.5, 0.6) is 0 Å². The third kappa shape index (κ3) is 4.78. The Morgan fingerprint density at radius 3 is 2.32 bits per heavy atom. The van der Waals surface area contributed by atoms with Gasteiger partial charge < -0.3 is 16.0 Å². The van der Waals surface area contributed by atoms with Crippen LogP contribution < -0.4 is 11.1 Å². The van der Waals surface area contributed by atoms with E-state index in [0.29, 0.717) is 19.0 Å². The summed E-state index contributed by atoms with van der Waals surface area (Å²) in [7, 11) is 0. The van der Waals surface area contributed by atoms with Crippen molar-refractivity contribution in [3.05, 3.63) is 35.6 Å². The van der Waals surface area contributed by atoms with E-state index in [1.54, 1.807) is 11.0 Å². The second kappa shape index (κ2) is 8.43. The van der Waals surface area contributed by atoms with Crippen molar-refractivity contribution in [2.75, 3.05) is 13.1 Å². The molecule has 0 aliphatic carbocycles. The fourth-order valence-electron chi connectivity index (χ4n) is 3.22. The van der Waals surface area contributed by atoms with Crippen LogP contribution in [0.4, 0.5) is 4.39 Å². The quantitative estimate of drug-likeness (QED) is 0.855. The van der Waals surface area contributed by atoms with E-state index >= 15 is 0 Å². The van der Waals surface area contributed by atoms with E-state index in [0.717, 1.165) is 12.8 Å². The van der Waals surface area contributed by atoms with Crippen molar-refractivity contribution >= 4 is 11.8 Å². The van der Waals surface area contributed by atoms with Crippen LogP contribution in [0.15, 0.2) is 24.3 Å². The van der Waals surface area contributed by atoms with Gasteiger partial charge in [0.25, 0.3) is 5.91 Å². The number of carbonyl (C=O) groups is 2. The smallest absolute Gasteiger partial charge is 0.254 e. The molecule has 2 atom stereocenters. The molecule has 0 aromatic heterocycles. The molecule has 0 saturated carbocycles. The molecule has 2 unspecified atom stereocenters. The van der Waals surface area contributed by atoms with Crippen LogP contribution in [0.1, 0.15) is 44.0 Å². The third-order valence-electron chi connectivity index (χ3n) is 4.93. The summed E-state index contributed by atoms with van der Waals surface area (Å²) < 4.78 is 13.8. The van der Waals surface area contributed by atoms with Gasteiger partial charge in [-0.25, -0.2) is 4.39 Å². The molecule has 1 aliphatic rings. The number of nitrogens with zero attached hydrogens (tertiary/aromatic N) is 1. The highest BCUT2D eigenvalue weighted by atomic mass is 19.1. The monoisotopic (exact) mass is 349 g/mol. The summed E-state index contributed by atoms with van der Waals surface area (Å²) >= 11 is 0. The van der Waals surface area contributed by atoms with Gasteiger partial charge in [-0.3, -0.25) is 9.59 Å². The molecule has 0 radical (unpaired) electrons. The van der Waals surface area contributed by atoms with E-state index in [-0.39, 0.29) is 23.4 Å². The van der Waals surface area contributed by atoms with Gasteiger partial charge in [-0.2, -0.15) is 0 Å². The van der Waals surface area contributed by atoms with Crippen LogP contribution in [0.25, 0.3) is 0 Å². The molecule has 5 nitrogen and oxygen atoms in total. The number of likely N-dealkylation sites (tertiary alicyclic amines) is 1. The summed E-state index contributed by atoms with van der Waals surface area (Å²) in [5, 5.41) is 2.71. The Hall–Kier alpha value is -1.95. The molecule has 2 amide bonds. The normalized spacial score (nSPS) is 18.1. The summed E-state index contributed by atoms with van der Waals surface area (Å²) in [6.45, 7) is 7.03. The molecule has 0 spiro atoms. The van der Waals surface area contributed by atoms with Crippen LogP contribution in [0.2, 0.25) is 0 Å². The van der Waals surface area contributed by atoms with E-state index in [1.165, 1.54) is 18.2 Å². The third-order valence-corrected chi connectivity index (χ3v) is 4.93. The SMILES string of the molecule is CC(C)C(NC(=O)c1ccccc1F)C(=O)N1CCC(C(C)N)CC1. The molecule has 25 heavy (non-hydrogen) atoms. The minimum absolute atomic E-state index is 0.0448. The number of benzene rings is 1. The predicted molar refractivity (Wildman–Crippen MR) is 95.4 cm³/mol. The number of carbonyl (C=O) groups excluding carboxylic acids is 2. The summed E-state index contributed by atoms with van der Waals surface area (Å²) in [5.74, 6) is -0.921. The minimum Gasteiger partial charge on any atom is -0.341 e. The van der Waals surface area contributed by atoms with Gasteiger partial charge in [0, 0.05) is 19.1 Å². The molecule has 138 valence electrons. The van der Waals surface area contributed by atoms with Crippen LogP contribution in [-0.4, -0.2) is 41.9 Å². The van der Waals surface area contributed by atoms with Crippen molar-refractivity contribution in [3.63, 3.8) is 0 Å². The minimum atomic E-state index is -0.668. The van der Waals surface area contributed by atoms with Crippen molar-refractivity contribution in [3.8, 4) is 0 Å². The van der Waals surface area contributed by atoms with Crippen molar-refractivity contribution in [1.29, 1.82) is 0 Å². The number of hydrogen-bond donors (Lipinski definition) is 2. The Bertz CT molecular complexity index is 610. The lowest BCUT2D eigenvalue weighted by atomic mass is 9.90. The maximum absolute atomic E-state index is 13.8. The van der Waals surface area contributed by atoms with E-state index in [4.69, 9.17) is 5.73 Å². The maximum Gasteiger partial charge on any atom is 0.254 e. The summed E-state index contributed by atoms with van der Waals surface area (Å²) in [4.78, 5) is 27.0. The zero-order valence-electron chi connectivity index (χ0n) is 15.2. The van der Waals surface area contributed by atoms with Crippen molar-refractivity contribution in [1.82, 2.24) is 10.2 Å². The lowest BCUT2D eigenvalue weighted by molar-refractivity contribution is -0.135. The Balaban J connectivity index is 2.04. The number of nitrogens with two attached hydrogens (primary N) is 1. The van der Waals surface area contributed by atoms with Crippen LogP contribution >= 0.6 is 0 Å². The first-order valence-corrected chi connectivity index (χ1v) is 8.91. The van der Waals surface area contributed by atoms with E-state index in [1.807, 2.05) is 20.8 Å². The molecule has 3 N–H and O–H groups in total. The van der Waals surface area contributed by atoms with Crippen molar-refractivity contribution in [2.24, 2.45) is 17.6 Å². The Morgan fingerprint density at radius 1 is 1.20 bits per heavy atom. The summed E-state index contributed by atoms with van der Waals surface area (Å²) in [6.07, 6.45) is 1.74. The first-order chi connectivity index (χ1) is 11.8. The lowest BCUT2D eigenvalue weighted by Gasteiger charge is -2.36. The second-order valence-corrected chi connectivity index (χ2v) is 7.20. The van der Waals surface area contributed by atoms with Gasteiger partial charge in [-0.1, -0.05) is 26.0 Å². The number of nitrogens with one attached hydrogen (secondary N) is 1. The fourth-order valence-corrected chi connectivity index (χ4v) is 3.22. The Kier molecular flexibility index (Phi) is 6.53. The maximum atomic E-state index is 13.8. The number of piperidine rings is 1. The van der Waals surface area contributed by atoms with E-state index in [2.05, 4.69) is 5.32 Å². The van der Waals surface area contributed by atoms with Gasteiger partial charge in [0.1, 0.15) is 11.9 Å². The zero-order chi connectivity index (χ0) is 18.6. The summed E-state index contributed by atoms with van der Waals surface area (Å²) in [5.41, 5.74) is 5.90. The number of halogens is 1. The van der Waals surface area contributed by atoms with E-state index in [9.17, 15) is 14.0 Å². The molecule has 1 fully saturated rings. The highest BCUT2D eigenvalue weighted by Gasteiger charge is 2.32. The van der Waals surface area contributed by atoms with Crippen LogP contribution in [-0.2, 0) is 4.79 Å². The van der Waals surface area contributed by atoms with Gasteiger partial charge >= 0.3 is 0 Å². The van der Waals surface area contributed by atoms with Gasteiger partial charge in [0.05, 0.1) is 5.56 Å². The van der Waals surface area contributed by atoms with Gasteiger partial charge in [0.2, 0.25) is 5.91 Å². The average Bonchev–Trinajstić information content (AvgIpc) is 2.59.